The first-order valence-electron chi connectivity index (χ1n) is 7.84. The molecule has 7 nitrogen and oxygen atoms in total. The first-order valence-corrected chi connectivity index (χ1v) is 9.60. The van der Waals surface area contributed by atoms with E-state index in [1.807, 2.05) is 36.6 Å². The Kier molecular flexibility index (Phi) is 4.39. The third-order valence-corrected chi connectivity index (χ3v) is 5.27. The van der Waals surface area contributed by atoms with Gasteiger partial charge in [-0.25, -0.2) is 9.97 Å². The van der Waals surface area contributed by atoms with E-state index in [9.17, 15) is 4.79 Å². The number of hydrogen-bond donors (Lipinski definition) is 0. The zero-order valence-corrected chi connectivity index (χ0v) is 15.7. The molecule has 0 saturated carbocycles. The highest BCUT2D eigenvalue weighted by Crippen LogP contribution is 2.30. The van der Waals surface area contributed by atoms with Crippen molar-refractivity contribution in [2.75, 3.05) is 5.01 Å². The number of anilines is 1. The maximum Gasteiger partial charge on any atom is 0.282 e. The molecule has 3 aromatic rings. The van der Waals surface area contributed by atoms with Gasteiger partial charge in [-0.15, -0.1) is 27.8 Å². The van der Waals surface area contributed by atoms with Crippen LogP contribution in [0.15, 0.2) is 56.6 Å². The van der Waals surface area contributed by atoms with Crippen LogP contribution in [0, 0.1) is 6.92 Å². The van der Waals surface area contributed by atoms with E-state index in [1.54, 1.807) is 18.5 Å². The van der Waals surface area contributed by atoms with Crippen LogP contribution in [0.5, 0.6) is 0 Å². The molecule has 9 heteroatoms. The van der Waals surface area contributed by atoms with Gasteiger partial charge in [0.25, 0.3) is 5.91 Å². The van der Waals surface area contributed by atoms with Crippen molar-refractivity contribution in [2.45, 2.75) is 19.9 Å². The van der Waals surface area contributed by atoms with E-state index in [2.05, 4.69) is 25.3 Å². The van der Waals surface area contributed by atoms with Crippen molar-refractivity contribution in [3.8, 4) is 11.3 Å². The van der Waals surface area contributed by atoms with E-state index in [1.165, 1.54) is 33.2 Å². The van der Waals surface area contributed by atoms with Crippen molar-refractivity contribution >= 4 is 44.6 Å². The fraction of sp³-hybridized carbons (Fsp3) is 0.176. The summed E-state index contributed by atoms with van der Waals surface area (Å²) in [6.07, 6.45) is 1.64. The van der Waals surface area contributed by atoms with Gasteiger partial charge in [0, 0.05) is 22.5 Å². The number of benzene rings is 1. The summed E-state index contributed by atoms with van der Waals surface area (Å²) in [7, 11) is 0. The average Bonchev–Trinajstić information content (AvgIpc) is 3.36. The minimum absolute atomic E-state index is 0.257. The van der Waals surface area contributed by atoms with Crippen LogP contribution < -0.4 is 5.01 Å². The lowest BCUT2D eigenvalue weighted by molar-refractivity contribution is -0.117. The van der Waals surface area contributed by atoms with Crippen molar-refractivity contribution < 1.29 is 4.79 Å². The molecule has 0 saturated heterocycles. The molecule has 0 unspecified atom stereocenters. The second-order valence-electron chi connectivity index (χ2n) is 5.71. The lowest BCUT2D eigenvalue weighted by Crippen LogP contribution is -2.29. The van der Waals surface area contributed by atoms with Gasteiger partial charge in [-0.3, -0.25) is 4.79 Å². The van der Waals surface area contributed by atoms with Gasteiger partial charge in [-0.05, 0) is 13.8 Å². The molecule has 1 aromatic carbocycles. The molecule has 1 aliphatic rings. The van der Waals surface area contributed by atoms with Crippen molar-refractivity contribution in [3.05, 3.63) is 46.8 Å². The lowest BCUT2D eigenvalue weighted by atomic mass is 10.1. The number of carbonyl (C=O) groups is 1. The second kappa shape index (κ2) is 6.85. The van der Waals surface area contributed by atoms with Crippen LogP contribution in [0.25, 0.3) is 11.3 Å². The van der Waals surface area contributed by atoms with E-state index in [4.69, 9.17) is 0 Å². The third-order valence-electron chi connectivity index (χ3n) is 3.79. The quantitative estimate of drug-likeness (QED) is 0.625. The SMILES string of the molecule is CC1=NN(c2nc(-c3ccc(C)cc3)cs2)C(=O)[C@@H]1N=Nc1nccs1. The molecule has 1 atom stereocenters. The predicted octanol–water partition coefficient (Wildman–Crippen LogP) is 4.45. The van der Waals surface area contributed by atoms with Gasteiger partial charge < -0.3 is 0 Å². The highest BCUT2D eigenvalue weighted by molar-refractivity contribution is 7.14. The minimum atomic E-state index is -0.731. The summed E-state index contributed by atoms with van der Waals surface area (Å²) in [5, 5.41) is 18.5. The number of aromatic nitrogens is 2. The Morgan fingerprint density at radius 1 is 1.15 bits per heavy atom. The number of hydrogen-bond acceptors (Lipinski definition) is 8. The fourth-order valence-electron chi connectivity index (χ4n) is 2.42. The van der Waals surface area contributed by atoms with Gasteiger partial charge in [0.2, 0.25) is 10.3 Å². The van der Waals surface area contributed by atoms with Gasteiger partial charge in [-0.2, -0.15) is 15.2 Å². The van der Waals surface area contributed by atoms with Crippen molar-refractivity contribution in [2.24, 2.45) is 15.3 Å². The molecular formula is C17H14N6OS2. The number of hydrazone groups is 1. The van der Waals surface area contributed by atoms with Gasteiger partial charge in [0.15, 0.2) is 6.04 Å². The number of thiazole rings is 2. The number of nitrogens with zero attached hydrogens (tertiary/aromatic N) is 6. The molecule has 2 aromatic heterocycles. The number of amides is 1. The Bertz CT molecular complexity index is 991. The van der Waals surface area contributed by atoms with Crippen LogP contribution in [0.1, 0.15) is 12.5 Å². The third kappa shape index (κ3) is 3.18. The van der Waals surface area contributed by atoms with Gasteiger partial charge in [0.05, 0.1) is 11.4 Å². The van der Waals surface area contributed by atoms with Crippen LogP contribution >= 0.6 is 22.7 Å². The molecule has 0 N–H and O–H groups in total. The van der Waals surface area contributed by atoms with Gasteiger partial charge >= 0.3 is 0 Å². The van der Waals surface area contributed by atoms with E-state index in [-0.39, 0.29) is 5.91 Å². The zero-order valence-electron chi connectivity index (χ0n) is 14.0. The predicted molar refractivity (Wildman–Crippen MR) is 103 cm³/mol. The smallest absolute Gasteiger partial charge is 0.269 e. The Morgan fingerprint density at radius 2 is 1.96 bits per heavy atom. The molecule has 26 heavy (non-hydrogen) atoms. The molecule has 0 radical (unpaired) electrons. The first-order chi connectivity index (χ1) is 12.6. The summed E-state index contributed by atoms with van der Waals surface area (Å²) in [5.74, 6) is -0.257. The molecule has 0 bridgehead atoms. The number of rotatable bonds is 4. The highest BCUT2D eigenvalue weighted by atomic mass is 32.1. The van der Waals surface area contributed by atoms with Crippen molar-refractivity contribution in [3.63, 3.8) is 0 Å². The molecule has 130 valence electrons. The van der Waals surface area contributed by atoms with E-state index >= 15 is 0 Å². The van der Waals surface area contributed by atoms with Crippen molar-refractivity contribution in [1.82, 2.24) is 9.97 Å². The normalized spacial score (nSPS) is 17.3. The summed E-state index contributed by atoms with van der Waals surface area (Å²) in [5.41, 5.74) is 3.60. The van der Waals surface area contributed by atoms with E-state index in [0.717, 1.165) is 11.3 Å². The van der Waals surface area contributed by atoms with E-state index in [0.29, 0.717) is 16.0 Å². The van der Waals surface area contributed by atoms with Crippen LogP contribution in [-0.2, 0) is 4.79 Å². The highest BCUT2D eigenvalue weighted by Gasteiger charge is 2.36. The summed E-state index contributed by atoms with van der Waals surface area (Å²) in [6.45, 7) is 3.80. The van der Waals surface area contributed by atoms with Gasteiger partial charge in [0.1, 0.15) is 0 Å². The Hall–Kier alpha value is -2.78. The van der Waals surface area contributed by atoms with E-state index < -0.39 is 6.04 Å². The summed E-state index contributed by atoms with van der Waals surface area (Å²) in [6, 6.07) is 7.36. The average molecular weight is 382 g/mol. The zero-order chi connectivity index (χ0) is 18.1. The second-order valence-corrected chi connectivity index (χ2v) is 7.42. The maximum absolute atomic E-state index is 12.7. The minimum Gasteiger partial charge on any atom is -0.269 e. The van der Waals surface area contributed by atoms with Crippen LogP contribution in [0.4, 0.5) is 10.3 Å². The monoisotopic (exact) mass is 382 g/mol. The molecule has 1 amide bonds. The van der Waals surface area contributed by atoms with Crippen LogP contribution in [0.2, 0.25) is 0 Å². The topological polar surface area (TPSA) is 83.2 Å². The van der Waals surface area contributed by atoms with Crippen LogP contribution in [0.3, 0.4) is 0 Å². The number of carbonyl (C=O) groups excluding carboxylic acids is 1. The Labute approximate surface area is 157 Å². The van der Waals surface area contributed by atoms with Crippen molar-refractivity contribution in [1.29, 1.82) is 0 Å². The number of aryl methyl sites for hydroxylation is 1. The fourth-order valence-corrected chi connectivity index (χ4v) is 3.66. The lowest BCUT2D eigenvalue weighted by Gasteiger charge is -2.07. The maximum atomic E-state index is 12.7. The Balaban J connectivity index is 1.55. The number of azo groups is 1. The summed E-state index contributed by atoms with van der Waals surface area (Å²) in [4.78, 5) is 21.3. The standard InChI is InChI=1S/C17H14N6OS2/c1-10-3-5-12(6-4-10)13-9-26-17(19-13)23-15(24)14(11(2)22-23)20-21-16-18-7-8-25-16/h3-9,14H,1-2H3/t14-/m1/s1. The molecule has 0 spiro atoms. The first kappa shape index (κ1) is 16.7. The molecule has 3 heterocycles. The van der Waals surface area contributed by atoms with Crippen LogP contribution in [-0.4, -0.2) is 27.6 Å². The van der Waals surface area contributed by atoms with Gasteiger partial charge in [-0.1, -0.05) is 29.8 Å². The molecular weight excluding hydrogens is 368 g/mol. The molecule has 4 rings (SSSR count). The molecule has 0 fully saturated rings. The largest absolute Gasteiger partial charge is 0.282 e. The molecule has 1 aliphatic heterocycles. The summed E-state index contributed by atoms with van der Waals surface area (Å²) < 4.78 is 0. The summed E-state index contributed by atoms with van der Waals surface area (Å²) >= 11 is 2.74. The molecule has 0 aliphatic carbocycles. The Morgan fingerprint density at radius 3 is 2.69 bits per heavy atom.